The van der Waals surface area contributed by atoms with Crippen LogP contribution in [-0.4, -0.2) is 22.0 Å². The van der Waals surface area contributed by atoms with E-state index in [0.717, 1.165) is 53.6 Å². The summed E-state index contributed by atoms with van der Waals surface area (Å²) in [6.07, 6.45) is 4.16. The van der Waals surface area contributed by atoms with Crippen LogP contribution in [0.3, 0.4) is 0 Å². The van der Waals surface area contributed by atoms with E-state index in [0.29, 0.717) is 23.9 Å². The first kappa shape index (κ1) is 23.5. The van der Waals surface area contributed by atoms with Crippen LogP contribution in [0.25, 0.3) is 22.9 Å². The van der Waals surface area contributed by atoms with Gasteiger partial charge in [-0.05, 0) is 73.4 Å². The molecule has 1 heterocycles. The van der Waals surface area contributed by atoms with Crippen molar-refractivity contribution in [2.45, 2.75) is 39.2 Å². The van der Waals surface area contributed by atoms with Crippen LogP contribution in [0, 0.1) is 12.8 Å². The van der Waals surface area contributed by atoms with Gasteiger partial charge in [0.05, 0.1) is 0 Å². The summed E-state index contributed by atoms with van der Waals surface area (Å²) in [7, 11) is 0. The number of nitrogens with one attached hydrogen (secondary N) is 2. The highest BCUT2D eigenvalue weighted by Crippen LogP contribution is 2.27. The summed E-state index contributed by atoms with van der Waals surface area (Å²) in [4.78, 5) is 25.1. The zero-order valence-electron chi connectivity index (χ0n) is 20.2. The molecule has 1 aliphatic rings. The van der Waals surface area contributed by atoms with Crippen LogP contribution in [0.5, 0.6) is 0 Å². The number of amides is 2. The predicted molar refractivity (Wildman–Crippen MR) is 138 cm³/mol. The van der Waals surface area contributed by atoms with Crippen molar-refractivity contribution in [2.24, 2.45) is 5.92 Å². The number of aryl methyl sites for hydroxylation is 1. The Morgan fingerprint density at radius 3 is 2.44 bits per heavy atom. The average molecular weight is 481 g/mol. The third-order valence-electron chi connectivity index (χ3n) is 6.57. The second-order valence-corrected chi connectivity index (χ2v) is 9.16. The summed E-state index contributed by atoms with van der Waals surface area (Å²) in [5.41, 5.74) is 4.90. The quantitative estimate of drug-likeness (QED) is 0.350. The minimum atomic E-state index is -0.187. The molecule has 182 valence electrons. The highest BCUT2D eigenvalue weighted by Gasteiger charge is 2.22. The smallest absolute Gasteiger partial charge is 0.251 e. The standard InChI is InChI=1S/C29H28N4O3/c1-19-7-2-5-12-25(19)29-33-32-28(36-29)23-15-13-22(14-16-23)26(34)30-18-20-8-6-11-24(17-20)31-27(35)21-9-3-4-10-21/h2,5-8,11-17,21H,3-4,9-10,18H2,1H3,(H,30,34)(H,31,35). The number of carbonyl (C=O) groups is 2. The lowest BCUT2D eigenvalue weighted by atomic mass is 10.1. The first-order valence-corrected chi connectivity index (χ1v) is 12.2. The van der Waals surface area contributed by atoms with Gasteiger partial charge in [0.15, 0.2) is 0 Å². The molecule has 2 amide bonds. The molecule has 7 heteroatoms. The maximum absolute atomic E-state index is 12.7. The minimum absolute atomic E-state index is 0.0843. The topological polar surface area (TPSA) is 97.1 Å². The van der Waals surface area contributed by atoms with Crippen LogP contribution in [0.1, 0.15) is 47.2 Å². The number of hydrogen-bond acceptors (Lipinski definition) is 5. The van der Waals surface area contributed by atoms with Crippen LogP contribution in [0.2, 0.25) is 0 Å². The van der Waals surface area contributed by atoms with E-state index >= 15 is 0 Å². The van der Waals surface area contributed by atoms with Gasteiger partial charge in [-0.2, -0.15) is 0 Å². The molecule has 1 aromatic heterocycles. The van der Waals surface area contributed by atoms with Gasteiger partial charge in [0.25, 0.3) is 5.91 Å². The summed E-state index contributed by atoms with van der Waals surface area (Å²) in [5, 5.41) is 14.3. The van der Waals surface area contributed by atoms with Crippen molar-refractivity contribution in [2.75, 3.05) is 5.32 Å². The number of benzene rings is 3. The van der Waals surface area contributed by atoms with E-state index in [4.69, 9.17) is 4.42 Å². The first-order chi connectivity index (χ1) is 17.6. The van der Waals surface area contributed by atoms with Crippen LogP contribution in [0.15, 0.2) is 77.2 Å². The van der Waals surface area contributed by atoms with E-state index in [-0.39, 0.29) is 17.7 Å². The van der Waals surface area contributed by atoms with E-state index in [1.54, 1.807) is 24.3 Å². The van der Waals surface area contributed by atoms with Crippen LogP contribution in [0.4, 0.5) is 5.69 Å². The molecule has 0 radical (unpaired) electrons. The van der Waals surface area contributed by atoms with Crippen molar-refractivity contribution < 1.29 is 14.0 Å². The highest BCUT2D eigenvalue weighted by atomic mass is 16.4. The van der Waals surface area contributed by atoms with Crippen molar-refractivity contribution in [1.29, 1.82) is 0 Å². The molecule has 0 unspecified atom stereocenters. The van der Waals surface area contributed by atoms with Crippen molar-refractivity contribution in [3.63, 3.8) is 0 Å². The molecule has 0 saturated heterocycles. The number of rotatable bonds is 7. The molecule has 0 aliphatic heterocycles. The van der Waals surface area contributed by atoms with E-state index in [1.807, 2.05) is 55.5 Å². The Kier molecular flexibility index (Phi) is 6.89. The van der Waals surface area contributed by atoms with E-state index < -0.39 is 0 Å². The highest BCUT2D eigenvalue weighted by molar-refractivity contribution is 5.95. The normalized spacial score (nSPS) is 13.5. The van der Waals surface area contributed by atoms with E-state index in [9.17, 15) is 9.59 Å². The van der Waals surface area contributed by atoms with Gasteiger partial charge in [-0.15, -0.1) is 10.2 Å². The number of anilines is 1. The van der Waals surface area contributed by atoms with Crippen LogP contribution >= 0.6 is 0 Å². The molecule has 3 aromatic carbocycles. The zero-order chi connectivity index (χ0) is 24.9. The summed E-state index contributed by atoms with van der Waals surface area (Å²) in [6.45, 7) is 2.35. The summed E-state index contributed by atoms with van der Waals surface area (Å²) < 4.78 is 5.86. The van der Waals surface area contributed by atoms with Gasteiger partial charge in [-0.1, -0.05) is 43.2 Å². The molecular weight excluding hydrogens is 452 g/mol. The molecule has 7 nitrogen and oxygen atoms in total. The lowest BCUT2D eigenvalue weighted by Crippen LogP contribution is -2.23. The minimum Gasteiger partial charge on any atom is -0.416 e. The fourth-order valence-electron chi connectivity index (χ4n) is 4.50. The van der Waals surface area contributed by atoms with Crippen LogP contribution in [-0.2, 0) is 11.3 Å². The molecule has 1 aliphatic carbocycles. The fraction of sp³-hybridized carbons (Fsp3) is 0.241. The van der Waals surface area contributed by atoms with E-state index in [1.165, 1.54) is 0 Å². The van der Waals surface area contributed by atoms with Crippen molar-refractivity contribution in [1.82, 2.24) is 15.5 Å². The molecule has 2 N–H and O–H groups in total. The Morgan fingerprint density at radius 2 is 1.67 bits per heavy atom. The van der Waals surface area contributed by atoms with Gasteiger partial charge in [0.1, 0.15) is 0 Å². The van der Waals surface area contributed by atoms with Crippen molar-refractivity contribution in [3.8, 4) is 22.9 Å². The lowest BCUT2D eigenvalue weighted by Gasteiger charge is -2.12. The Balaban J connectivity index is 1.19. The second-order valence-electron chi connectivity index (χ2n) is 9.16. The monoisotopic (exact) mass is 480 g/mol. The fourth-order valence-corrected chi connectivity index (χ4v) is 4.50. The third kappa shape index (κ3) is 5.35. The Morgan fingerprint density at radius 1 is 0.917 bits per heavy atom. The molecule has 1 saturated carbocycles. The molecule has 1 fully saturated rings. The number of aromatic nitrogens is 2. The Bertz CT molecular complexity index is 1370. The molecule has 5 rings (SSSR count). The maximum atomic E-state index is 12.7. The summed E-state index contributed by atoms with van der Waals surface area (Å²) >= 11 is 0. The summed E-state index contributed by atoms with van der Waals surface area (Å²) in [5.74, 6) is 0.870. The number of hydrogen-bond donors (Lipinski definition) is 2. The number of carbonyl (C=O) groups excluding carboxylic acids is 2. The van der Waals surface area contributed by atoms with Gasteiger partial charge >= 0.3 is 0 Å². The summed E-state index contributed by atoms with van der Waals surface area (Å²) in [6, 6.07) is 22.5. The van der Waals surface area contributed by atoms with Gasteiger partial charge in [-0.25, -0.2) is 0 Å². The largest absolute Gasteiger partial charge is 0.416 e. The van der Waals surface area contributed by atoms with Gasteiger partial charge in [0.2, 0.25) is 17.7 Å². The van der Waals surface area contributed by atoms with E-state index in [2.05, 4.69) is 20.8 Å². The van der Waals surface area contributed by atoms with Gasteiger partial charge in [-0.3, -0.25) is 9.59 Å². The molecule has 0 atom stereocenters. The molecule has 0 bridgehead atoms. The van der Waals surface area contributed by atoms with Crippen molar-refractivity contribution in [3.05, 3.63) is 89.5 Å². The second kappa shape index (κ2) is 10.6. The molecule has 4 aromatic rings. The molecular formula is C29H28N4O3. The lowest BCUT2D eigenvalue weighted by molar-refractivity contribution is -0.119. The van der Waals surface area contributed by atoms with Crippen LogP contribution < -0.4 is 10.6 Å². The maximum Gasteiger partial charge on any atom is 0.251 e. The number of nitrogens with zero attached hydrogens (tertiary/aromatic N) is 2. The van der Waals surface area contributed by atoms with Gasteiger partial charge in [0, 0.05) is 34.8 Å². The SMILES string of the molecule is Cc1ccccc1-c1nnc(-c2ccc(C(=O)NCc3cccc(NC(=O)C4CCCC4)c3)cc2)o1. The van der Waals surface area contributed by atoms with Crippen molar-refractivity contribution >= 4 is 17.5 Å². The average Bonchev–Trinajstić information content (AvgIpc) is 3.61. The van der Waals surface area contributed by atoms with Gasteiger partial charge < -0.3 is 15.1 Å². The zero-order valence-corrected chi connectivity index (χ0v) is 20.2. The third-order valence-corrected chi connectivity index (χ3v) is 6.57. The Hall–Kier alpha value is -4.26. The predicted octanol–water partition coefficient (Wildman–Crippen LogP) is 5.77. The molecule has 0 spiro atoms. The first-order valence-electron chi connectivity index (χ1n) is 12.2. The Labute approximate surface area is 210 Å². The molecule has 36 heavy (non-hydrogen) atoms.